The smallest absolute Gasteiger partial charge is 0.0217 e. The summed E-state index contributed by atoms with van der Waals surface area (Å²) < 4.78 is 0. The van der Waals surface area contributed by atoms with E-state index >= 15 is 0 Å². The third-order valence-corrected chi connectivity index (χ3v) is 5.97. The lowest BCUT2D eigenvalue weighted by Crippen LogP contribution is -2.70. The summed E-state index contributed by atoms with van der Waals surface area (Å²) in [5, 5.41) is 0. The molecule has 1 nitrogen and oxygen atoms in total. The highest BCUT2D eigenvalue weighted by molar-refractivity contribution is 5.15. The van der Waals surface area contributed by atoms with Crippen LogP contribution in [0.4, 0.5) is 0 Å². The summed E-state index contributed by atoms with van der Waals surface area (Å²) in [7, 11) is 0. The maximum atomic E-state index is 2.90. The van der Waals surface area contributed by atoms with Gasteiger partial charge in [0, 0.05) is 12.1 Å². The highest BCUT2D eigenvalue weighted by atomic mass is 15.2. The Hall–Kier alpha value is -0.0400. The van der Waals surface area contributed by atoms with Gasteiger partial charge in [0.2, 0.25) is 0 Å². The van der Waals surface area contributed by atoms with E-state index in [1.165, 1.54) is 32.4 Å². The second-order valence-electron chi connectivity index (χ2n) is 6.74. The van der Waals surface area contributed by atoms with Gasteiger partial charge in [-0.2, -0.15) is 0 Å². The number of hydrogen-bond acceptors (Lipinski definition) is 1. The maximum absolute atomic E-state index is 2.90. The summed E-state index contributed by atoms with van der Waals surface area (Å²) in [4.78, 5) is 2.90. The molecule has 2 unspecified atom stereocenters. The molecule has 5 fully saturated rings. The molecule has 4 aliphatic carbocycles. The molecule has 15 heavy (non-hydrogen) atoms. The summed E-state index contributed by atoms with van der Waals surface area (Å²) in [5.41, 5.74) is 0.757. The molecule has 0 aromatic heterocycles. The van der Waals surface area contributed by atoms with Crippen molar-refractivity contribution in [3.8, 4) is 0 Å². The van der Waals surface area contributed by atoms with Gasteiger partial charge in [0.25, 0.3) is 0 Å². The zero-order valence-electron chi connectivity index (χ0n) is 9.75. The summed E-state index contributed by atoms with van der Waals surface area (Å²) in [5.74, 6) is 3.35. The van der Waals surface area contributed by atoms with Gasteiger partial charge in [0.1, 0.15) is 0 Å². The van der Waals surface area contributed by atoms with Gasteiger partial charge in [-0.3, -0.25) is 4.90 Å². The van der Waals surface area contributed by atoms with Crippen molar-refractivity contribution in [1.29, 1.82) is 0 Å². The maximum Gasteiger partial charge on any atom is 0.0217 e. The van der Waals surface area contributed by atoms with E-state index in [1.807, 2.05) is 0 Å². The second kappa shape index (κ2) is 3.00. The molecule has 1 heteroatoms. The molecule has 1 aliphatic heterocycles. The predicted molar refractivity (Wildman–Crippen MR) is 61.7 cm³/mol. The minimum Gasteiger partial charge on any atom is -0.297 e. The van der Waals surface area contributed by atoms with Gasteiger partial charge in [0.05, 0.1) is 0 Å². The number of rotatable bonds is 1. The molecule has 0 amide bonds. The van der Waals surface area contributed by atoms with Gasteiger partial charge in [-0.25, -0.2) is 0 Å². The van der Waals surface area contributed by atoms with Crippen LogP contribution in [0.2, 0.25) is 0 Å². The van der Waals surface area contributed by atoms with Crippen LogP contribution in [0.1, 0.15) is 51.4 Å². The van der Waals surface area contributed by atoms with Crippen LogP contribution in [-0.4, -0.2) is 23.5 Å². The van der Waals surface area contributed by atoms with Crippen LogP contribution >= 0.6 is 0 Å². The standard InChI is InChI=1S/C14H23N/c1-2-4-13-10-15(6-5-12(13)3-1)14-7-11(8-14)9-14/h11-13H,1-10H2. The normalized spacial score (nSPS) is 54.0. The van der Waals surface area contributed by atoms with Gasteiger partial charge < -0.3 is 0 Å². The summed E-state index contributed by atoms with van der Waals surface area (Å²) >= 11 is 0. The van der Waals surface area contributed by atoms with Gasteiger partial charge in [-0.15, -0.1) is 0 Å². The monoisotopic (exact) mass is 205 g/mol. The molecule has 1 saturated heterocycles. The first kappa shape index (κ1) is 9.04. The van der Waals surface area contributed by atoms with E-state index in [0.29, 0.717) is 0 Å². The van der Waals surface area contributed by atoms with E-state index in [-0.39, 0.29) is 0 Å². The fourth-order valence-electron chi connectivity index (χ4n) is 4.85. The Balaban J connectivity index is 1.46. The largest absolute Gasteiger partial charge is 0.297 e. The molecule has 84 valence electrons. The van der Waals surface area contributed by atoms with E-state index < -0.39 is 0 Å². The van der Waals surface area contributed by atoms with Crippen molar-refractivity contribution < 1.29 is 0 Å². The van der Waals surface area contributed by atoms with E-state index in [4.69, 9.17) is 0 Å². The minimum atomic E-state index is 0.757. The summed E-state index contributed by atoms with van der Waals surface area (Å²) in [6.45, 7) is 2.91. The summed E-state index contributed by atoms with van der Waals surface area (Å²) in [6.07, 6.45) is 12.3. The first-order valence-corrected chi connectivity index (χ1v) is 7.11. The average molecular weight is 205 g/mol. The van der Waals surface area contributed by atoms with Crippen molar-refractivity contribution in [2.45, 2.75) is 56.9 Å². The predicted octanol–water partition coefficient (Wildman–Crippen LogP) is 3.05. The van der Waals surface area contributed by atoms with E-state index in [2.05, 4.69) is 4.90 Å². The Morgan fingerprint density at radius 1 is 0.867 bits per heavy atom. The molecular formula is C14H23N. The van der Waals surface area contributed by atoms with E-state index in [0.717, 1.165) is 23.3 Å². The lowest BCUT2D eigenvalue weighted by Gasteiger charge is -2.68. The Kier molecular flexibility index (Phi) is 1.81. The van der Waals surface area contributed by atoms with E-state index in [1.54, 1.807) is 32.1 Å². The molecule has 0 radical (unpaired) electrons. The Labute approximate surface area is 93.2 Å². The minimum absolute atomic E-state index is 0.757. The average Bonchev–Trinajstić information content (AvgIpc) is 2.13. The third-order valence-electron chi connectivity index (χ3n) is 5.97. The molecule has 0 aromatic carbocycles. The highest BCUT2D eigenvalue weighted by Crippen LogP contribution is 2.61. The second-order valence-corrected chi connectivity index (χ2v) is 6.74. The van der Waals surface area contributed by atoms with Crippen molar-refractivity contribution in [2.75, 3.05) is 13.1 Å². The lowest BCUT2D eigenvalue weighted by molar-refractivity contribution is -0.163. The van der Waals surface area contributed by atoms with Crippen molar-refractivity contribution in [3.63, 3.8) is 0 Å². The fraction of sp³-hybridized carbons (Fsp3) is 1.00. The molecule has 5 rings (SSSR count). The van der Waals surface area contributed by atoms with Crippen molar-refractivity contribution in [3.05, 3.63) is 0 Å². The zero-order valence-corrected chi connectivity index (χ0v) is 9.75. The molecule has 0 spiro atoms. The summed E-state index contributed by atoms with van der Waals surface area (Å²) in [6, 6.07) is 0. The molecule has 1 heterocycles. The zero-order chi connectivity index (χ0) is 9.88. The van der Waals surface area contributed by atoms with Crippen molar-refractivity contribution in [2.24, 2.45) is 17.8 Å². The Morgan fingerprint density at radius 3 is 2.27 bits per heavy atom. The molecule has 2 atom stereocenters. The lowest BCUT2D eigenvalue weighted by atomic mass is 9.48. The van der Waals surface area contributed by atoms with Gasteiger partial charge in [-0.1, -0.05) is 19.3 Å². The van der Waals surface area contributed by atoms with Gasteiger partial charge in [0.15, 0.2) is 0 Å². The Bertz CT molecular complexity index is 255. The molecule has 0 N–H and O–H groups in total. The topological polar surface area (TPSA) is 3.24 Å². The van der Waals surface area contributed by atoms with Crippen LogP contribution in [0.5, 0.6) is 0 Å². The van der Waals surface area contributed by atoms with Crippen LogP contribution in [-0.2, 0) is 0 Å². The Morgan fingerprint density at radius 2 is 1.60 bits per heavy atom. The molecule has 5 aliphatic rings. The van der Waals surface area contributed by atoms with Crippen LogP contribution in [0, 0.1) is 17.8 Å². The number of likely N-dealkylation sites (tertiary alicyclic amines) is 1. The number of piperidine rings is 1. The quantitative estimate of drug-likeness (QED) is 0.636. The third kappa shape index (κ3) is 1.19. The van der Waals surface area contributed by atoms with Crippen LogP contribution in [0.15, 0.2) is 0 Å². The van der Waals surface area contributed by atoms with Crippen molar-refractivity contribution >= 4 is 0 Å². The molecule has 4 saturated carbocycles. The van der Waals surface area contributed by atoms with Crippen LogP contribution < -0.4 is 0 Å². The number of fused-ring (bicyclic) bond motifs is 1. The fourth-order valence-corrected chi connectivity index (χ4v) is 4.85. The molecule has 0 aromatic rings. The van der Waals surface area contributed by atoms with Gasteiger partial charge in [-0.05, 0) is 56.4 Å². The molecule has 2 bridgehead atoms. The van der Waals surface area contributed by atoms with Gasteiger partial charge >= 0.3 is 0 Å². The molecular weight excluding hydrogens is 182 g/mol. The first-order valence-electron chi connectivity index (χ1n) is 7.11. The number of nitrogens with zero attached hydrogens (tertiary/aromatic N) is 1. The van der Waals surface area contributed by atoms with E-state index in [9.17, 15) is 0 Å². The van der Waals surface area contributed by atoms with Crippen molar-refractivity contribution in [1.82, 2.24) is 4.90 Å². The van der Waals surface area contributed by atoms with Crippen LogP contribution in [0.3, 0.4) is 0 Å². The SMILES string of the molecule is C1CCC2CN(C34CC(C3)C4)CCC2C1. The van der Waals surface area contributed by atoms with Crippen LogP contribution in [0.25, 0.3) is 0 Å². The number of hydrogen-bond donors (Lipinski definition) is 0. The highest BCUT2D eigenvalue weighted by Gasteiger charge is 2.60. The first-order chi connectivity index (χ1) is 7.36.